The van der Waals surface area contributed by atoms with Gasteiger partial charge in [0.05, 0.1) is 0 Å². The Morgan fingerprint density at radius 1 is 1.27 bits per heavy atom. The van der Waals surface area contributed by atoms with E-state index < -0.39 is 30.4 Å². The molecular weight excluding hydrogens is 308 g/mol. The lowest BCUT2D eigenvalue weighted by molar-refractivity contribution is -0.150. The average molecular weight is 327 g/mol. The molecule has 0 fully saturated rings. The molecule has 120 valence electrons. The zero-order chi connectivity index (χ0) is 16.7. The molecule has 0 bridgehead atoms. The van der Waals surface area contributed by atoms with E-state index in [1.54, 1.807) is 31.2 Å². The summed E-state index contributed by atoms with van der Waals surface area (Å²) in [6.45, 7) is 3.17. The van der Waals surface area contributed by atoms with Crippen molar-refractivity contribution in [1.29, 1.82) is 0 Å². The van der Waals surface area contributed by atoms with Crippen LogP contribution in [0.5, 0.6) is 0 Å². The summed E-state index contributed by atoms with van der Waals surface area (Å²) in [5.74, 6) is -2.01. The van der Waals surface area contributed by atoms with E-state index in [0.29, 0.717) is 17.0 Å². The minimum absolute atomic E-state index is 0.156. The summed E-state index contributed by atoms with van der Waals surface area (Å²) < 4.78 is 4.80. The van der Waals surface area contributed by atoms with Gasteiger partial charge in [-0.3, -0.25) is 9.59 Å². The minimum atomic E-state index is -0.854. The van der Waals surface area contributed by atoms with Crippen LogP contribution in [-0.4, -0.2) is 30.4 Å². The molecule has 0 unspecified atom stereocenters. The molecule has 1 aromatic rings. The van der Waals surface area contributed by atoms with Crippen molar-refractivity contribution in [2.24, 2.45) is 11.7 Å². The van der Waals surface area contributed by atoms with E-state index in [1.165, 1.54) is 0 Å². The van der Waals surface area contributed by atoms with E-state index >= 15 is 0 Å². The predicted molar refractivity (Wildman–Crippen MR) is 82.3 cm³/mol. The molecule has 6 nitrogen and oxygen atoms in total. The van der Waals surface area contributed by atoms with Crippen LogP contribution < -0.4 is 11.1 Å². The van der Waals surface area contributed by atoms with Crippen LogP contribution in [0.1, 0.15) is 30.6 Å². The molecule has 22 heavy (non-hydrogen) atoms. The van der Waals surface area contributed by atoms with Crippen molar-refractivity contribution in [3.8, 4) is 0 Å². The minimum Gasteiger partial charge on any atom is -0.454 e. The average Bonchev–Trinajstić information content (AvgIpc) is 2.49. The Morgan fingerprint density at radius 3 is 2.36 bits per heavy atom. The van der Waals surface area contributed by atoms with Gasteiger partial charge in [0.15, 0.2) is 6.61 Å². The Bertz CT molecular complexity index is 545. The number of rotatable bonds is 7. The number of carbonyl (C=O) groups excluding carboxylic acids is 3. The number of carbonyl (C=O) groups is 3. The maximum atomic E-state index is 12.2. The van der Waals surface area contributed by atoms with E-state index in [-0.39, 0.29) is 5.92 Å². The highest BCUT2D eigenvalue weighted by molar-refractivity contribution is 6.30. The highest BCUT2D eigenvalue weighted by Crippen LogP contribution is 2.13. The van der Waals surface area contributed by atoms with Crippen molar-refractivity contribution < 1.29 is 19.1 Å². The molecule has 0 saturated carbocycles. The van der Waals surface area contributed by atoms with Crippen LogP contribution in [0.4, 0.5) is 0 Å². The molecule has 0 aliphatic heterocycles. The fraction of sp³-hybridized carbons (Fsp3) is 0.400. The predicted octanol–water partition coefficient (Wildman–Crippen LogP) is 1.51. The SMILES string of the molecule is CC[C@@H](C)[C@H](NC(=O)c1ccc(Cl)cc1)C(=O)OCC(N)=O. The Kier molecular flexibility index (Phi) is 6.85. The molecule has 0 heterocycles. The van der Waals surface area contributed by atoms with E-state index in [2.05, 4.69) is 5.32 Å². The summed E-state index contributed by atoms with van der Waals surface area (Å²) in [5, 5.41) is 3.13. The van der Waals surface area contributed by atoms with Gasteiger partial charge < -0.3 is 15.8 Å². The molecule has 0 spiro atoms. The fourth-order valence-electron chi connectivity index (χ4n) is 1.73. The highest BCUT2D eigenvalue weighted by Gasteiger charge is 2.28. The maximum absolute atomic E-state index is 12.2. The lowest BCUT2D eigenvalue weighted by Crippen LogP contribution is -2.46. The van der Waals surface area contributed by atoms with E-state index in [9.17, 15) is 14.4 Å². The van der Waals surface area contributed by atoms with E-state index in [4.69, 9.17) is 22.1 Å². The second-order valence-corrected chi connectivity index (χ2v) is 5.35. The zero-order valence-electron chi connectivity index (χ0n) is 12.5. The molecule has 7 heteroatoms. The van der Waals surface area contributed by atoms with Crippen molar-refractivity contribution in [3.63, 3.8) is 0 Å². The Morgan fingerprint density at radius 2 is 1.86 bits per heavy atom. The first kappa shape index (κ1) is 18.0. The van der Waals surface area contributed by atoms with Crippen LogP contribution in [0.3, 0.4) is 0 Å². The second-order valence-electron chi connectivity index (χ2n) is 4.92. The van der Waals surface area contributed by atoms with Gasteiger partial charge in [0.1, 0.15) is 6.04 Å². The van der Waals surface area contributed by atoms with Gasteiger partial charge in [-0.25, -0.2) is 4.79 Å². The maximum Gasteiger partial charge on any atom is 0.329 e. The van der Waals surface area contributed by atoms with Crippen molar-refractivity contribution in [2.45, 2.75) is 26.3 Å². The monoisotopic (exact) mass is 326 g/mol. The lowest BCUT2D eigenvalue weighted by atomic mass is 9.99. The molecule has 0 aromatic heterocycles. The van der Waals surface area contributed by atoms with Crippen LogP contribution in [0.2, 0.25) is 5.02 Å². The smallest absolute Gasteiger partial charge is 0.329 e. The van der Waals surface area contributed by atoms with E-state index in [0.717, 1.165) is 0 Å². The molecule has 2 amide bonds. The topological polar surface area (TPSA) is 98.5 Å². The number of hydrogen-bond donors (Lipinski definition) is 2. The first-order valence-corrected chi connectivity index (χ1v) is 7.24. The quantitative estimate of drug-likeness (QED) is 0.742. The van der Waals surface area contributed by atoms with Crippen molar-refractivity contribution in [2.75, 3.05) is 6.61 Å². The van der Waals surface area contributed by atoms with Gasteiger partial charge in [-0.15, -0.1) is 0 Å². The third kappa shape index (κ3) is 5.37. The van der Waals surface area contributed by atoms with E-state index in [1.807, 2.05) is 6.92 Å². The second kappa shape index (κ2) is 8.38. The van der Waals surface area contributed by atoms with Crippen LogP contribution in [0.25, 0.3) is 0 Å². The number of hydrogen-bond acceptors (Lipinski definition) is 4. The van der Waals surface area contributed by atoms with Crippen LogP contribution >= 0.6 is 11.6 Å². The number of ether oxygens (including phenoxy) is 1. The lowest BCUT2D eigenvalue weighted by Gasteiger charge is -2.22. The molecule has 1 aromatic carbocycles. The Hall–Kier alpha value is -2.08. The van der Waals surface area contributed by atoms with Crippen LogP contribution in [0.15, 0.2) is 24.3 Å². The summed E-state index contributed by atoms with van der Waals surface area (Å²) in [5.41, 5.74) is 5.32. The molecule has 2 atom stereocenters. The summed E-state index contributed by atoms with van der Waals surface area (Å²) in [7, 11) is 0. The molecule has 0 saturated heterocycles. The molecule has 0 aliphatic rings. The molecular formula is C15H19ClN2O4. The molecule has 1 rings (SSSR count). The van der Waals surface area contributed by atoms with Gasteiger partial charge in [0.25, 0.3) is 11.8 Å². The molecule has 0 aliphatic carbocycles. The molecule has 3 N–H and O–H groups in total. The first-order valence-electron chi connectivity index (χ1n) is 6.86. The van der Waals surface area contributed by atoms with Gasteiger partial charge >= 0.3 is 5.97 Å². The van der Waals surface area contributed by atoms with Gasteiger partial charge in [-0.2, -0.15) is 0 Å². The first-order chi connectivity index (χ1) is 10.3. The summed E-state index contributed by atoms with van der Waals surface area (Å²) in [6.07, 6.45) is 0.650. The number of amides is 2. The number of nitrogens with one attached hydrogen (secondary N) is 1. The van der Waals surface area contributed by atoms with Crippen LogP contribution in [0, 0.1) is 5.92 Å². The summed E-state index contributed by atoms with van der Waals surface area (Å²) >= 11 is 5.77. The number of primary amides is 1. The van der Waals surface area contributed by atoms with Gasteiger partial charge in [-0.05, 0) is 30.2 Å². The third-order valence-electron chi connectivity index (χ3n) is 3.22. The van der Waals surface area contributed by atoms with Crippen molar-refractivity contribution >= 4 is 29.4 Å². The van der Waals surface area contributed by atoms with Crippen molar-refractivity contribution in [1.82, 2.24) is 5.32 Å². The van der Waals surface area contributed by atoms with Gasteiger partial charge in [0, 0.05) is 10.6 Å². The molecule has 0 radical (unpaired) electrons. The van der Waals surface area contributed by atoms with Gasteiger partial charge in [0.2, 0.25) is 0 Å². The largest absolute Gasteiger partial charge is 0.454 e. The summed E-state index contributed by atoms with van der Waals surface area (Å²) in [6, 6.07) is 5.42. The van der Waals surface area contributed by atoms with Crippen molar-refractivity contribution in [3.05, 3.63) is 34.9 Å². The number of halogens is 1. The number of nitrogens with two attached hydrogens (primary N) is 1. The Balaban J connectivity index is 2.79. The third-order valence-corrected chi connectivity index (χ3v) is 3.47. The fourth-order valence-corrected chi connectivity index (χ4v) is 1.85. The summed E-state index contributed by atoms with van der Waals surface area (Å²) in [4.78, 5) is 34.9. The Labute approximate surface area is 134 Å². The zero-order valence-corrected chi connectivity index (χ0v) is 13.2. The standard InChI is InChI=1S/C15H19ClN2O4/c1-3-9(2)13(15(21)22-8-12(17)19)18-14(20)10-4-6-11(16)7-5-10/h4-7,9,13H,3,8H2,1-2H3,(H2,17,19)(H,18,20)/t9-,13+/m1/s1. The highest BCUT2D eigenvalue weighted by atomic mass is 35.5. The number of esters is 1. The van der Waals surface area contributed by atoms with Crippen LogP contribution in [-0.2, 0) is 14.3 Å². The van der Waals surface area contributed by atoms with Gasteiger partial charge in [-0.1, -0.05) is 31.9 Å². The number of benzene rings is 1. The normalized spacial score (nSPS) is 13.0.